The number of hydrogen-bond acceptors (Lipinski definition) is 4. The molecule has 0 aliphatic rings. The first-order valence-corrected chi connectivity index (χ1v) is 8.51. The van der Waals surface area contributed by atoms with Gasteiger partial charge >= 0.3 is 0 Å². The largest absolute Gasteiger partial charge is 0.484 e. The molecule has 2 N–H and O–H groups in total. The Labute approximate surface area is 160 Å². The number of anilines is 3. The molecule has 1 amide bonds. The average molecular weight is 388 g/mol. The highest BCUT2D eigenvalue weighted by atomic mass is 35.5. The van der Waals surface area contributed by atoms with E-state index in [0.717, 1.165) is 11.4 Å². The lowest BCUT2D eigenvalue weighted by molar-refractivity contribution is -0.118. The van der Waals surface area contributed by atoms with Crippen LogP contribution in [0.5, 0.6) is 5.75 Å². The topological polar surface area (TPSA) is 63.2 Å². The number of benzene rings is 2. The van der Waals surface area contributed by atoms with E-state index in [1.54, 1.807) is 42.6 Å². The van der Waals surface area contributed by atoms with Crippen molar-refractivity contribution in [3.05, 3.63) is 76.9 Å². The van der Waals surface area contributed by atoms with Gasteiger partial charge in [-0.2, -0.15) is 0 Å². The molecular formula is C19H15Cl2N3O2. The zero-order chi connectivity index (χ0) is 18.4. The van der Waals surface area contributed by atoms with Crippen molar-refractivity contribution in [2.75, 3.05) is 17.2 Å². The predicted octanol–water partition coefficient (Wildman–Crippen LogP) is 5.15. The summed E-state index contributed by atoms with van der Waals surface area (Å²) in [6.45, 7) is -0.0883. The van der Waals surface area contributed by atoms with Gasteiger partial charge in [-0.15, -0.1) is 0 Å². The van der Waals surface area contributed by atoms with E-state index in [9.17, 15) is 4.79 Å². The number of carbonyl (C=O) groups is 1. The van der Waals surface area contributed by atoms with Gasteiger partial charge in [0.05, 0.1) is 21.9 Å². The van der Waals surface area contributed by atoms with E-state index >= 15 is 0 Å². The molecule has 2 aromatic carbocycles. The Bertz CT molecular complexity index is 887. The maximum atomic E-state index is 11.9. The maximum Gasteiger partial charge on any atom is 0.263 e. The van der Waals surface area contributed by atoms with Crippen LogP contribution in [0.25, 0.3) is 0 Å². The van der Waals surface area contributed by atoms with Crippen LogP contribution in [-0.2, 0) is 4.79 Å². The van der Waals surface area contributed by atoms with Gasteiger partial charge < -0.3 is 15.4 Å². The summed E-state index contributed by atoms with van der Waals surface area (Å²) in [6.07, 6.45) is 1.61. The Morgan fingerprint density at radius 1 is 0.962 bits per heavy atom. The van der Waals surface area contributed by atoms with Gasteiger partial charge in [-0.1, -0.05) is 41.4 Å². The third kappa shape index (κ3) is 5.12. The number of carbonyl (C=O) groups excluding carboxylic acids is 1. The Kier molecular flexibility index (Phi) is 5.94. The van der Waals surface area contributed by atoms with Gasteiger partial charge in [0.2, 0.25) is 0 Å². The zero-order valence-electron chi connectivity index (χ0n) is 13.6. The molecule has 1 heterocycles. The normalized spacial score (nSPS) is 10.2. The number of nitrogens with one attached hydrogen (secondary N) is 2. The van der Waals surface area contributed by atoms with Crippen molar-refractivity contribution in [3.63, 3.8) is 0 Å². The predicted molar refractivity (Wildman–Crippen MR) is 105 cm³/mol. The van der Waals surface area contributed by atoms with E-state index in [0.29, 0.717) is 21.6 Å². The lowest BCUT2D eigenvalue weighted by atomic mass is 10.3. The number of para-hydroxylation sites is 1. The van der Waals surface area contributed by atoms with Crippen molar-refractivity contribution in [3.8, 4) is 5.75 Å². The van der Waals surface area contributed by atoms with Crippen LogP contribution in [0.2, 0.25) is 10.0 Å². The number of rotatable bonds is 6. The number of aromatic nitrogens is 1. The van der Waals surface area contributed by atoms with Gasteiger partial charge in [-0.25, -0.2) is 4.98 Å². The number of amides is 1. The first-order chi connectivity index (χ1) is 12.6. The first kappa shape index (κ1) is 18.0. The van der Waals surface area contributed by atoms with Gasteiger partial charge in [0, 0.05) is 5.69 Å². The number of nitrogens with zero attached hydrogens (tertiary/aromatic N) is 1. The van der Waals surface area contributed by atoms with Crippen LogP contribution in [0, 0.1) is 0 Å². The molecule has 0 aliphatic carbocycles. The summed E-state index contributed by atoms with van der Waals surface area (Å²) in [5.74, 6) is 0.787. The zero-order valence-corrected chi connectivity index (χ0v) is 15.1. The Morgan fingerprint density at radius 2 is 1.73 bits per heavy atom. The molecule has 0 saturated carbocycles. The van der Waals surface area contributed by atoms with Crippen LogP contribution in [0.3, 0.4) is 0 Å². The Morgan fingerprint density at radius 3 is 2.42 bits per heavy atom. The first-order valence-electron chi connectivity index (χ1n) is 7.76. The van der Waals surface area contributed by atoms with Crippen molar-refractivity contribution in [1.82, 2.24) is 4.98 Å². The molecule has 0 radical (unpaired) electrons. The standard InChI is InChI=1S/C19H15Cl2N3O2/c20-16-8-6-13(10-17(16)21)23-14-7-9-18(22-11-14)24-19(25)12-26-15-4-2-1-3-5-15/h1-11,23H,12H2,(H,22,24,25). The van der Waals surface area contributed by atoms with E-state index in [4.69, 9.17) is 27.9 Å². The third-order valence-electron chi connectivity index (χ3n) is 3.35. The lowest BCUT2D eigenvalue weighted by Crippen LogP contribution is -2.20. The highest BCUT2D eigenvalue weighted by molar-refractivity contribution is 6.42. The lowest BCUT2D eigenvalue weighted by Gasteiger charge is -2.09. The van der Waals surface area contributed by atoms with Crippen molar-refractivity contribution in [1.29, 1.82) is 0 Å². The maximum absolute atomic E-state index is 11.9. The third-order valence-corrected chi connectivity index (χ3v) is 4.09. The van der Waals surface area contributed by atoms with Gasteiger partial charge in [-0.05, 0) is 42.5 Å². The van der Waals surface area contributed by atoms with Crippen LogP contribution in [0.15, 0.2) is 66.9 Å². The van der Waals surface area contributed by atoms with Gasteiger partial charge in [0.1, 0.15) is 11.6 Å². The van der Waals surface area contributed by atoms with Gasteiger partial charge in [0.25, 0.3) is 5.91 Å². The van der Waals surface area contributed by atoms with Crippen LogP contribution < -0.4 is 15.4 Å². The molecule has 132 valence electrons. The minimum Gasteiger partial charge on any atom is -0.484 e. The molecule has 0 bridgehead atoms. The van der Waals surface area contributed by atoms with Crippen molar-refractivity contribution in [2.24, 2.45) is 0 Å². The molecule has 7 heteroatoms. The van der Waals surface area contributed by atoms with Crippen LogP contribution in [0.1, 0.15) is 0 Å². The van der Waals surface area contributed by atoms with E-state index in [1.165, 1.54) is 0 Å². The van der Waals surface area contributed by atoms with Crippen molar-refractivity contribution < 1.29 is 9.53 Å². The van der Waals surface area contributed by atoms with Crippen molar-refractivity contribution >= 4 is 46.3 Å². The molecule has 0 atom stereocenters. The average Bonchev–Trinajstić information content (AvgIpc) is 2.65. The summed E-state index contributed by atoms with van der Waals surface area (Å²) in [4.78, 5) is 16.1. The second-order valence-electron chi connectivity index (χ2n) is 5.34. The fraction of sp³-hybridized carbons (Fsp3) is 0.0526. The van der Waals surface area contributed by atoms with E-state index < -0.39 is 0 Å². The highest BCUT2D eigenvalue weighted by Crippen LogP contribution is 2.27. The molecule has 26 heavy (non-hydrogen) atoms. The Hall–Kier alpha value is -2.76. The summed E-state index contributed by atoms with van der Waals surface area (Å²) < 4.78 is 5.39. The SMILES string of the molecule is O=C(COc1ccccc1)Nc1ccc(Nc2ccc(Cl)c(Cl)c2)cn1. The monoisotopic (exact) mass is 387 g/mol. The second kappa shape index (κ2) is 8.56. The minimum atomic E-state index is -0.286. The van der Waals surface area contributed by atoms with Crippen LogP contribution in [-0.4, -0.2) is 17.5 Å². The van der Waals surface area contributed by atoms with Crippen LogP contribution >= 0.6 is 23.2 Å². The molecule has 1 aromatic heterocycles. The quantitative estimate of drug-likeness (QED) is 0.613. The van der Waals surface area contributed by atoms with E-state index in [1.807, 2.05) is 24.3 Å². The molecule has 3 aromatic rings. The molecule has 3 rings (SSSR count). The molecule has 5 nitrogen and oxygen atoms in total. The molecule has 0 spiro atoms. The van der Waals surface area contributed by atoms with Crippen molar-refractivity contribution in [2.45, 2.75) is 0 Å². The molecule has 0 saturated heterocycles. The smallest absolute Gasteiger partial charge is 0.263 e. The number of ether oxygens (including phenoxy) is 1. The summed E-state index contributed by atoms with van der Waals surface area (Å²) >= 11 is 11.9. The summed E-state index contributed by atoms with van der Waals surface area (Å²) in [7, 11) is 0. The molecular weight excluding hydrogens is 373 g/mol. The van der Waals surface area contributed by atoms with Crippen LogP contribution in [0.4, 0.5) is 17.2 Å². The number of hydrogen-bond donors (Lipinski definition) is 2. The second-order valence-corrected chi connectivity index (χ2v) is 6.15. The molecule has 0 fully saturated rings. The van der Waals surface area contributed by atoms with E-state index in [-0.39, 0.29) is 12.5 Å². The summed E-state index contributed by atoms with van der Waals surface area (Å²) in [5, 5.41) is 6.79. The highest BCUT2D eigenvalue weighted by Gasteiger charge is 2.05. The van der Waals surface area contributed by atoms with Gasteiger partial charge in [-0.3, -0.25) is 4.79 Å². The number of halogens is 2. The fourth-order valence-electron chi connectivity index (χ4n) is 2.13. The molecule has 0 unspecified atom stereocenters. The fourth-order valence-corrected chi connectivity index (χ4v) is 2.42. The minimum absolute atomic E-state index is 0.0883. The molecule has 0 aliphatic heterocycles. The summed E-state index contributed by atoms with van der Waals surface area (Å²) in [5.41, 5.74) is 1.54. The number of pyridine rings is 1. The summed E-state index contributed by atoms with van der Waals surface area (Å²) in [6, 6.07) is 17.9. The van der Waals surface area contributed by atoms with Gasteiger partial charge in [0.15, 0.2) is 6.61 Å². The van der Waals surface area contributed by atoms with E-state index in [2.05, 4.69) is 15.6 Å². The Balaban J connectivity index is 1.53.